The Balaban J connectivity index is 1.44. The van der Waals surface area contributed by atoms with Crippen LogP contribution in [0.5, 0.6) is 0 Å². The molecule has 4 aliphatic rings. The number of ketones is 1. The quantitative estimate of drug-likeness (QED) is 0.289. The Morgan fingerprint density at radius 3 is 2.48 bits per heavy atom. The molecule has 2 aromatic rings. The number of nitrogens with zero attached hydrogens (tertiary/aromatic N) is 6. The van der Waals surface area contributed by atoms with Gasteiger partial charge in [0.1, 0.15) is 35.0 Å². The van der Waals surface area contributed by atoms with Gasteiger partial charge < -0.3 is 43.6 Å². The Morgan fingerprint density at radius 1 is 1.03 bits per heavy atom. The van der Waals surface area contributed by atoms with Gasteiger partial charge in [0.2, 0.25) is 6.10 Å². The Labute approximate surface area is 352 Å². The molecule has 0 saturated carbocycles. The first-order valence-electron chi connectivity index (χ1n) is 21.4. The number of Topliss-reactive ketones (excluding diaryl/α,β-unsaturated/α-hetero) is 1. The number of oxime groups is 1. The molecule has 332 valence electrons. The molecule has 6 rings (SSSR count). The van der Waals surface area contributed by atoms with Gasteiger partial charge in [-0.25, -0.2) is 9.67 Å². The van der Waals surface area contributed by atoms with E-state index >= 15 is 0 Å². The molecule has 0 radical (unpaired) electrons. The predicted octanol–water partition coefficient (Wildman–Crippen LogP) is 3.51. The second kappa shape index (κ2) is 18.7. The van der Waals surface area contributed by atoms with Crippen LogP contribution >= 0.6 is 0 Å². The van der Waals surface area contributed by atoms with E-state index in [-0.39, 0.29) is 50.3 Å². The SMILES string of the molecule is CC[C@H]1OC(=O)[C@H](C)C(=O)[C@H](C)[C@@H](O[C@@H]2O[C@H](C)C[C@H](N(C)C)[C@H]2O)[C@@]2(C)C[C@@H](C)C3=NC(=O)C(CCCn4nnc5ccccc54)O/N=C(\CO[C@@H]([C@@H]3C)[C@]1(C)O)CO2. The molecular weight excluding hydrogens is 777 g/mol. The molecule has 4 bridgehead atoms. The monoisotopic (exact) mass is 840 g/mol. The molecule has 14 atom stereocenters. The largest absolute Gasteiger partial charge is 0.459 e. The number of para-hydroxylation sites is 1. The molecule has 60 heavy (non-hydrogen) atoms. The normalized spacial score (nSPS) is 39.6. The van der Waals surface area contributed by atoms with Gasteiger partial charge in [0.15, 0.2) is 12.1 Å². The van der Waals surface area contributed by atoms with Gasteiger partial charge in [-0.3, -0.25) is 14.4 Å². The molecule has 0 aliphatic carbocycles. The van der Waals surface area contributed by atoms with E-state index in [2.05, 4.69) is 15.5 Å². The van der Waals surface area contributed by atoms with Crippen molar-refractivity contribution >= 4 is 40.1 Å². The minimum absolute atomic E-state index is 0.157. The van der Waals surface area contributed by atoms with E-state index in [0.717, 1.165) is 11.0 Å². The number of aliphatic imine (C=N–C) groups is 1. The summed E-state index contributed by atoms with van der Waals surface area (Å²) < 4.78 is 34.2. The van der Waals surface area contributed by atoms with Crippen LogP contribution in [0.2, 0.25) is 0 Å². The number of aliphatic hydroxyl groups is 2. The number of ether oxygens (including phenoxy) is 5. The predicted molar refractivity (Wildman–Crippen MR) is 220 cm³/mol. The molecule has 0 spiro atoms. The number of likely N-dealkylation sites (N-methyl/N-ethyl adjacent to an activating group) is 1. The van der Waals surface area contributed by atoms with E-state index in [9.17, 15) is 24.6 Å². The molecule has 1 aromatic carbocycles. The summed E-state index contributed by atoms with van der Waals surface area (Å²) in [5.41, 5.74) is -0.913. The molecule has 2 N–H and O–H groups in total. The van der Waals surface area contributed by atoms with E-state index < -0.39 is 89.3 Å². The lowest BCUT2D eigenvalue weighted by Gasteiger charge is -2.47. The number of fused-ring (bicyclic) bond motifs is 5. The Bertz CT molecular complexity index is 1920. The topological polar surface area (TPSA) is 206 Å². The lowest BCUT2D eigenvalue weighted by atomic mass is 9.73. The zero-order valence-corrected chi connectivity index (χ0v) is 36.6. The van der Waals surface area contributed by atoms with Crippen LogP contribution in [0.3, 0.4) is 0 Å². The van der Waals surface area contributed by atoms with E-state index in [1.54, 1.807) is 25.5 Å². The maximum Gasteiger partial charge on any atom is 0.316 e. The number of benzene rings is 1. The third kappa shape index (κ3) is 9.52. The first kappa shape index (κ1) is 45.8. The molecule has 4 aliphatic heterocycles. The van der Waals surface area contributed by atoms with E-state index in [4.69, 9.17) is 33.5 Å². The number of amides is 1. The maximum atomic E-state index is 14.5. The highest BCUT2D eigenvalue weighted by atomic mass is 16.7. The van der Waals surface area contributed by atoms with Gasteiger partial charge in [-0.05, 0) is 91.9 Å². The number of carbonyl (C=O) groups excluding carboxylic acids is 3. The van der Waals surface area contributed by atoms with Crippen molar-refractivity contribution in [3.05, 3.63) is 24.3 Å². The first-order valence-corrected chi connectivity index (χ1v) is 21.4. The minimum Gasteiger partial charge on any atom is -0.459 e. The van der Waals surface area contributed by atoms with Crippen LogP contribution in [0.4, 0.5) is 0 Å². The highest BCUT2D eigenvalue weighted by molar-refractivity contribution is 6.01. The van der Waals surface area contributed by atoms with Crippen LogP contribution in [-0.4, -0.2) is 147 Å². The first-order chi connectivity index (χ1) is 28.4. The molecule has 17 heteroatoms. The molecule has 3 saturated heterocycles. The van der Waals surface area contributed by atoms with E-state index in [0.29, 0.717) is 25.1 Å². The Morgan fingerprint density at radius 2 is 1.77 bits per heavy atom. The smallest absolute Gasteiger partial charge is 0.316 e. The fraction of sp³-hybridized carbons (Fsp3) is 0.744. The summed E-state index contributed by atoms with van der Waals surface area (Å²) in [6, 6.07) is 7.31. The molecule has 5 heterocycles. The second-order valence-corrected chi connectivity index (χ2v) is 17.9. The van der Waals surface area contributed by atoms with Gasteiger partial charge in [-0.1, -0.05) is 50.2 Å². The summed E-state index contributed by atoms with van der Waals surface area (Å²) in [6.45, 7) is 14.0. The number of esters is 1. The van der Waals surface area contributed by atoms with Crippen molar-refractivity contribution in [3.63, 3.8) is 0 Å². The van der Waals surface area contributed by atoms with Crippen LogP contribution in [0.1, 0.15) is 87.5 Å². The molecule has 1 amide bonds. The molecule has 17 nitrogen and oxygen atoms in total. The van der Waals surface area contributed by atoms with Gasteiger partial charge in [0.05, 0.1) is 42.6 Å². The van der Waals surface area contributed by atoms with Crippen molar-refractivity contribution in [3.8, 4) is 0 Å². The number of cyclic esters (lactones) is 1. The van der Waals surface area contributed by atoms with Crippen molar-refractivity contribution in [2.24, 2.45) is 33.8 Å². The fourth-order valence-corrected chi connectivity index (χ4v) is 9.49. The van der Waals surface area contributed by atoms with Gasteiger partial charge in [0.25, 0.3) is 5.91 Å². The summed E-state index contributed by atoms with van der Waals surface area (Å²) >= 11 is 0. The van der Waals surface area contributed by atoms with Crippen LogP contribution in [0.15, 0.2) is 34.4 Å². The average molecular weight is 841 g/mol. The third-order valence-electron chi connectivity index (χ3n) is 12.9. The van der Waals surface area contributed by atoms with Crippen molar-refractivity contribution < 1.29 is 53.1 Å². The highest BCUT2D eigenvalue weighted by Gasteiger charge is 2.53. The summed E-state index contributed by atoms with van der Waals surface area (Å²) in [5, 5.41) is 37.0. The number of hydrogen-bond donors (Lipinski definition) is 2. The third-order valence-corrected chi connectivity index (χ3v) is 12.9. The van der Waals surface area contributed by atoms with Crippen LogP contribution in [0, 0.1) is 23.7 Å². The van der Waals surface area contributed by atoms with Crippen molar-refractivity contribution in [1.29, 1.82) is 0 Å². The van der Waals surface area contributed by atoms with Gasteiger partial charge in [0, 0.05) is 30.1 Å². The van der Waals surface area contributed by atoms with Crippen molar-refractivity contribution in [2.45, 2.75) is 154 Å². The molecule has 3 fully saturated rings. The zero-order valence-electron chi connectivity index (χ0n) is 36.6. The molecular formula is C43H64N6O11. The number of aryl methyl sites for hydroxylation is 1. The highest BCUT2D eigenvalue weighted by Crippen LogP contribution is 2.40. The van der Waals surface area contributed by atoms with Gasteiger partial charge >= 0.3 is 5.97 Å². The molecule has 1 unspecified atom stereocenters. The lowest BCUT2D eigenvalue weighted by molar-refractivity contribution is -0.296. The summed E-state index contributed by atoms with van der Waals surface area (Å²) in [7, 11) is 3.74. The number of aromatic nitrogens is 3. The standard InChI is InChI=1S/C43H64N6O11/c1-11-33-43(8,54)38-25(4)34-23(2)20-42(7,37(26(5)35(50)27(6)40(53)58-33)59-41-36(51)31(48(9)10)19-24(3)57-41)56-22-28(21-55-38)46-60-32(39(52)44-34)17-14-18-49-30-16-13-12-15-29(30)45-47-49/h12-13,15-16,23-27,31-33,36-38,41,51,54H,11,14,17-22H2,1-10H3/b44-34?,46-28+/t23-,24-,25-,26+,27-,31+,32?,33-,36-,37-,38+,41+,42-,43-/m1/s1. The lowest BCUT2D eigenvalue weighted by Crippen LogP contribution is -2.60. The number of aliphatic hydroxyl groups excluding tert-OH is 1. The van der Waals surface area contributed by atoms with Crippen molar-refractivity contribution in [1.82, 2.24) is 19.9 Å². The average Bonchev–Trinajstić information content (AvgIpc) is 3.61. The Kier molecular flexibility index (Phi) is 14.3. The van der Waals surface area contributed by atoms with Crippen LogP contribution < -0.4 is 0 Å². The number of hydrogen-bond acceptors (Lipinski definition) is 15. The van der Waals surface area contributed by atoms with E-state index in [1.165, 1.54) is 13.8 Å². The minimum atomic E-state index is -1.83. The number of carbonyl (C=O) groups is 3. The molecule has 1 aromatic heterocycles. The fourth-order valence-electron chi connectivity index (χ4n) is 9.49. The maximum absolute atomic E-state index is 14.5. The van der Waals surface area contributed by atoms with E-state index in [1.807, 2.05) is 64.0 Å². The second-order valence-electron chi connectivity index (χ2n) is 17.9. The van der Waals surface area contributed by atoms with Crippen molar-refractivity contribution in [2.75, 3.05) is 27.3 Å². The Hall–Kier alpha value is -3.71. The van der Waals surface area contributed by atoms with Crippen LogP contribution in [-0.2, 0) is 49.5 Å². The van der Waals surface area contributed by atoms with Crippen LogP contribution in [0.25, 0.3) is 11.0 Å². The summed E-state index contributed by atoms with van der Waals surface area (Å²) in [4.78, 5) is 55.5. The summed E-state index contributed by atoms with van der Waals surface area (Å²) in [6.07, 6.45) is -5.30. The number of rotatable bonds is 8. The zero-order chi connectivity index (χ0) is 43.7. The van der Waals surface area contributed by atoms with Gasteiger partial charge in [-0.2, -0.15) is 0 Å². The summed E-state index contributed by atoms with van der Waals surface area (Å²) in [5.74, 6) is -5.39. The van der Waals surface area contributed by atoms with Gasteiger partial charge in [-0.15, -0.1) is 5.10 Å².